The number of nitrogens with one attached hydrogen (secondary N) is 1. The zero-order valence-corrected chi connectivity index (χ0v) is 12.1. The molecule has 0 spiro atoms. The highest BCUT2D eigenvalue weighted by molar-refractivity contribution is 5.77. The molecule has 1 amide bonds. The van der Waals surface area contributed by atoms with Gasteiger partial charge in [-0.15, -0.1) is 0 Å². The molecule has 1 aromatic rings. The van der Waals surface area contributed by atoms with Crippen molar-refractivity contribution < 1.29 is 9.53 Å². The molecule has 3 aliphatic rings. The number of carbonyl (C=O) groups is 1. The Kier molecular flexibility index (Phi) is 3.23. The van der Waals surface area contributed by atoms with Crippen LogP contribution in [0.2, 0.25) is 0 Å². The molecule has 2 fully saturated rings. The van der Waals surface area contributed by atoms with Crippen LogP contribution in [0.1, 0.15) is 24.0 Å². The number of rotatable bonds is 3. The van der Waals surface area contributed by atoms with Gasteiger partial charge in [0.1, 0.15) is 0 Å². The lowest BCUT2D eigenvalue weighted by molar-refractivity contribution is -0.126. The lowest BCUT2D eigenvalue weighted by Crippen LogP contribution is -2.69. The maximum Gasteiger partial charge on any atom is 0.220 e. The van der Waals surface area contributed by atoms with E-state index in [0.29, 0.717) is 18.3 Å². The fourth-order valence-corrected chi connectivity index (χ4v) is 4.23. The molecule has 21 heavy (non-hydrogen) atoms. The molecule has 0 bridgehead atoms. The highest BCUT2D eigenvalue weighted by atomic mass is 16.5. The standard InChI is InChI=1S/C17H22N2O2/c18-15-13-5-6-21-17(13)16(15)19-14(20)9-10-7-11-3-1-2-4-12(11)8-10/h1-4,10,13,15-17H,5-9,18H2,(H,19,20)/t13-,15+,16-,17-/m1/s1. The van der Waals surface area contributed by atoms with E-state index in [1.807, 2.05) is 0 Å². The Labute approximate surface area is 125 Å². The van der Waals surface area contributed by atoms with Gasteiger partial charge in [0.25, 0.3) is 0 Å². The van der Waals surface area contributed by atoms with Crippen LogP contribution in [0.15, 0.2) is 24.3 Å². The van der Waals surface area contributed by atoms with Crippen molar-refractivity contribution in [2.24, 2.45) is 17.6 Å². The Bertz CT molecular complexity index is 534. The monoisotopic (exact) mass is 286 g/mol. The number of benzene rings is 1. The van der Waals surface area contributed by atoms with Gasteiger partial charge in [-0.2, -0.15) is 0 Å². The summed E-state index contributed by atoms with van der Waals surface area (Å²) in [4.78, 5) is 12.3. The molecule has 0 aromatic heterocycles. The quantitative estimate of drug-likeness (QED) is 0.872. The minimum Gasteiger partial charge on any atom is -0.376 e. The Morgan fingerprint density at radius 2 is 2.00 bits per heavy atom. The molecule has 1 aromatic carbocycles. The van der Waals surface area contributed by atoms with Gasteiger partial charge < -0.3 is 15.8 Å². The summed E-state index contributed by atoms with van der Waals surface area (Å²) in [7, 11) is 0. The number of hydrogen-bond acceptors (Lipinski definition) is 3. The van der Waals surface area contributed by atoms with Crippen molar-refractivity contribution in [2.75, 3.05) is 6.61 Å². The van der Waals surface area contributed by atoms with Crippen LogP contribution in [0.25, 0.3) is 0 Å². The summed E-state index contributed by atoms with van der Waals surface area (Å²) >= 11 is 0. The van der Waals surface area contributed by atoms with Crippen molar-refractivity contribution in [3.8, 4) is 0 Å². The average molecular weight is 286 g/mol. The fourth-order valence-electron chi connectivity index (χ4n) is 4.23. The SMILES string of the molecule is N[C@H]1[C@H]2CCO[C@H]2[C@@H]1NC(=O)CC1Cc2ccccc2C1. The fraction of sp³-hybridized carbons (Fsp3) is 0.588. The molecule has 1 aliphatic heterocycles. The van der Waals surface area contributed by atoms with Crippen molar-refractivity contribution in [2.45, 2.75) is 43.9 Å². The van der Waals surface area contributed by atoms with Crippen molar-refractivity contribution in [1.82, 2.24) is 5.32 Å². The summed E-state index contributed by atoms with van der Waals surface area (Å²) in [5.41, 5.74) is 8.93. The molecule has 4 atom stereocenters. The molecule has 1 saturated heterocycles. The van der Waals surface area contributed by atoms with E-state index in [9.17, 15) is 4.79 Å². The second-order valence-electron chi connectivity index (χ2n) is 6.71. The summed E-state index contributed by atoms with van der Waals surface area (Å²) in [6, 6.07) is 8.59. The molecule has 4 rings (SSSR count). The third-order valence-corrected chi connectivity index (χ3v) is 5.38. The number of fused-ring (bicyclic) bond motifs is 2. The molecule has 112 valence electrons. The topological polar surface area (TPSA) is 64.3 Å². The van der Waals surface area contributed by atoms with E-state index in [1.165, 1.54) is 11.1 Å². The largest absolute Gasteiger partial charge is 0.376 e. The lowest BCUT2D eigenvalue weighted by Gasteiger charge is -2.45. The first-order valence-corrected chi connectivity index (χ1v) is 7.95. The van der Waals surface area contributed by atoms with Crippen LogP contribution in [0, 0.1) is 11.8 Å². The van der Waals surface area contributed by atoms with Gasteiger partial charge in [0.15, 0.2) is 0 Å². The summed E-state index contributed by atoms with van der Waals surface area (Å²) in [5.74, 6) is 1.01. The first kappa shape index (κ1) is 13.3. The molecule has 4 nitrogen and oxygen atoms in total. The van der Waals surface area contributed by atoms with Gasteiger partial charge >= 0.3 is 0 Å². The van der Waals surface area contributed by atoms with E-state index in [-0.39, 0.29) is 24.1 Å². The van der Waals surface area contributed by atoms with Crippen LogP contribution in [-0.4, -0.2) is 30.7 Å². The molecule has 0 unspecified atom stereocenters. The zero-order chi connectivity index (χ0) is 14.4. The van der Waals surface area contributed by atoms with Crippen LogP contribution in [-0.2, 0) is 22.4 Å². The molecule has 1 saturated carbocycles. The number of carbonyl (C=O) groups excluding carboxylic acids is 1. The molecule has 0 radical (unpaired) electrons. The molecular weight excluding hydrogens is 264 g/mol. The Hall–Kier alpha value is -1.39. The van der Waals surface area contributed by atoms with E-state index < -0.39 is 0 Å². The summed E-state index contributed by atoms with van der Waals surface area (Å²) in [6.07, 6.45) is 3.82. The summed E-state index contributed by atoms with van der Waals surface area (Å²) in [6.45, 7) is 0.785. The van der Waals surface area contributed by atoms with Gasteiger partial charge in [0.05, 0.1) is 12.1 Å². The Morgan fingerprint density at radius 3 is 2.71 bits per heavy atom. The number of amides is 1. The second-order valence-corrected chi connectivity index (χ2v) is 6.71. The van der Waals surface area contributed by atoms with E-state index >= 15 is 0 Å². The van der Waals surface area contributed by atoms with Gasteiger partial charge in [-0.3, -0.25) is 4.79 Å². The maximum atomic E-state index is 12.3. The van der Waals surface area contributed by atoms with Gasteiger partial charge in [-0.1, -0.05) is 24.3 Å². The van der Waals surface area contributed by atoms with Gasteiger partial charge in [-0.05, 0) is 36.3 Å². The number of nitrogens with two attached hydrogens (primary N) is 1. The lowest BCUT2D eigenvalue weighted by atomic mass is 9.72. The Balaban J connectivity index is 1.31. The maximum absolute atomic E-state index is 12.3. The van der Waals surface area contributed by atoms with Gasteiger partial charge in [0.2, 0.25) is 5.91 Å². The van der Waals surface area contributed by atoms with Crippen LogP contribution < -0.4 is 11.1 Å². The van der Waals surface area contributed by atoms with Crippen molar-refractivity contribution in [3.63, 3.8) is 0 Å². The van der Waals surface area contributed by atoms with E-state index in [1.54, 1.807) is 0 Å². The predicted octanol–water partition coefficient (Wildman–Crippen LogP) is 1.02. The van der Waals surface area contributed by atoms with Crippen LogP contribution in [0.3, 0.4) is 0 Å². The molecule has 3 N–H and O–H groups in total. The molecular formula is C17H22N2O2. The van der Waals surface area contributed by atoms with Crippen LogP contribution in [0.4, 0.5) is 0 Å². The first-order valence-electron chi connectivity index (χ1n) is 7.95. The second kappa shape index (κ2) is 5.11. The minimum atomic E-state index is 0.0220. The van der Waals surface area contributed by atoms with E-state index in [4.69, 9.17) is 10.5 Å². The van der Waals surface area contributed by atoms with E-state index in [0.717, 1.165) is 25.9 Å². The normalized spacial score (nSPS) is 34.1. The van der Waals surface area contributed by atoms with Gasteiger partial charge in [0, 0.05) is 25.0 Å². The third-order valence-electron chi connectivity index (χ3n) is 5.38. The van der Waals surface area contributed by atoms with Crippen molar-refractivity contribution >= 4 is 5.91 Å². The predicted molar refractivity (Wildman–Crippen MR) is 79.7 cm³/mol. The van der Waals surface area contributed by atoms with E-state index in [2.05, 4.69) is 29.6 Å². The smallest absolute Gasteiger partial charge is 0.220 e. The molecule has 1 heterocycles. The number of hydrogen-bond donors (Lipinski definition) is 2. The summed E-state index contributed by atoms with van der Waals surface area (Å²) < 4.78 is 5.66. The molecule has 2 aliphatic carbocycles. The van der Waals surface area contributed by atoms with Crippen LogP contribution >= 0.6 is 0 Å². The number of ether oxygens (including phenoxy) is 1. The first-order chi connectivity index (χ1) is 10.2. The Morgan fingerprint density at radius 1 is 1.29 bits per heavy atom. The van der Waals surface area contributed by atoms with Gasteiger partial charge in [-0.25, -0.2) is 0 Å². The average Bonchev–Trinajstić information content (AvgIpc) is 3.08. The van der Waals surface area contributed by atoms with Crippen LogP contribution in [0.5, 0.6) is 0 Å². The summed E-state index contributed by atoms with van der Waals surface area (Å²) in [5, 5.41) is 3.10. The molecule has 4 heteroatoms. The van der Waals surface area contributed by atoms with Crippen molar-refractivity contribution in [3.05, 3.63) is 35.4 Å². The minimum absolute atomic E-state index is 0.0220. The highest BCUT2D eigenvalue weighted by Crippen LogP contribution is 2.38. The third kappa shape index (κ3) is 2.27. The highest BCUT2D eigenvalue weighted by Gasteiger charge is 2.52. The zero-order valence-electron chi connectivity index (χ0n) is 12.1. The van der Waals surface area contributed by atoms with Crippen molar-refractivity contribution in [1.29, 1.82) is 0 Å².